The zero-order valence-corrected chi connectivity index (χ0v) is 26.6. The van der Waals surface area contributed by atoms with Gasteiger partial charge in [0.25, 0.3) is 0 Å². The van der Waals surface area contributed by atoms with Crippen molar-refractivity contribution in [3.05, 3.63) is 70.3 Å². The fourth-order valence-corrected chi connectivity index (χ4v) is 6.49. The Morgan fingerprint density at radius 1 is 1.07 bits per heavy atom. The number of ether oxygens (including phenoxy) is 1. The molecule has 13 heteroatoms. The monoisotopic (exact) mass is 634 g/mol. The normalized spacial score (nSPS) is 14.4. The quantitative estimate of drug-likeness (QED) is 0.185. The van der Waals surface area contributed by atoms with Crippen LogP contribution in [0.2, 0.25) is 5.02 Å². The van der Waals surface area contributed by atoms with Crippen molar-refractivity contribution >= 4 is 67.0 Å². The molecule has 3 aromatic heterocycles. The number of anilines is 1. The van der Waals surface area contributed by atoms with Crippen molar-refractivity contribution < 1.29 is 22.5 Å². The maximum Gasteiger partial charge on any atom is 0.413 e. The Bertz CT molecular complexity index is 1650. The van der Waals surface area contributed by atoms with Crippen molar-refractivity contribution in [3.8, 4) is 11.3 Å². The second kappa shape index (κ2) is 12.2. The van der Waals surface area contributed by atoms with Crippen molar-refractivity contribution in [1.82, 2.24) is 14.7 Å². The van der Waals surface area contributed by atoms with E-state index in [-0.39, 0.29) is 10.7 Å². The number of hydrogen-bond donors (Lipinski definition) is 3. The molecule has 0 aliphatic heterocycles. The Hall–Kier alpha value is -2.74. The van der Waals surface area contributed by atoms with E-state index in [1.54, 1.807) is 39.0 Å². The van der Waals surface area contributed by atoms with E-state index in [9.17, 15) is 17.8 Å². The van der Waals surface area contributed by atoms with Crippen LogP contribution < -0.4 is 10.0 Å². The highest BCUT2D eigenvalue weighted by Crippen LogP contribution is 2.40. The molecule has 218 valence electrons. The number of amides is 1. The van der Waals surface area contributed by atoms with Gasteiger partial charge in [0.05, 0.1) is 43.1 Å². The molecule has 0 radical (unpaired) electrons. The Balaban J connectivity index is 1.82. The molecular formula is C28H31ClN4O5S3. The summed E-state index contributed by atoms with van der Waals surface area (Å²) in [6.07, 6.45) is 0.835. The lowest BCUT2D eigenvalue weighted by Crippen LogP contribution is -2.36. The number of nitrogens with one attached hydrogen (secondary N) is 2. The van der Waals surface area contributed by atoms with E-state index < -0.39 is 44.5 Å². The van der Waals surface area contributed by atoms with Crippen LogP contribution in [0.4, 0.5) is 10.6 Å². The smallest absolute Gasteiger partial charge is 0.413 e. The number of carbonyl (C=O) groups excluding carboxylic acids is 1. The number of hydrogen-bond acceptors (Lipinski definition) is 7. The van der Waals surface area contributed by atoms with Crippen molar-refractivity contribution in [3.63, 3.8) is 0 Å². The number of carbonyl (C=O) groups is 1. The van der Waals surface area contributed by atoms with Gasteiger partial charge in [-0.15, -0.1) is 11.3 Å². The molecule has 1 aromatic carbocycles. The molecule has 3 heterocycles. The molecule has 9 nitrogen and oxygen atoms in total. The molecule has 0 fully saturated rings. The van der Waals surface area contributed by atoms with Gasteiger partial charge in [0.2, 0.25) is 0 Å². The molecule has 0 aliphatic rings. The molecule has 0 saturated carbocycles. The van der Waals surface area contributed by atoms with Crippen LogP contribution in [0.3, 0.4) is 0 Å². The summed E-state index contributed by atoms with van der Waals surface area (Å²) in [5, 5.41) is 3.86. The number of halogens is 1. The molecule has 0 saturated heterocycles. The Morgan fingerprint density at radius 2 is 1.80 bits per heavy atom. The third kappa shape index (κ3) is 7.76. The molecule has 3 atom stereocenters. The molecule has 41 heavy (non-hydrogen) atoms. The minimum absolute atomic E-state index is 0.229. The zero-order chi connectivity index (χ0) is 30.1. The summed E-state index contributed by atoms with van der Waals surface area (Å²) in [5.41, 5.74) is 1.01. The lowest BCUT2D eigenvalue weighted by molar-refractivity contribution is 0.0635. The summed E-state index contributed by atoms with van der Waals surface area (Å²) >= 11 is 5.94. The molecule has 4 aromatic rings. The van der Waals surface area contributed by atoms with Gasteiger partial charge in [0, 0.05) is 21.3 Å². The van der Waals surface area contributed by atoms with Crippen molar-refractivity contribution in [2.24, 2.45) is 0 Å². The predicted molar refractivity (Wildman–Crippen MR) is 166 cm³/mol. The number of thiophene rings is 1. The van der Waals surface area contributed by atoms with E-state index in [1.165, 1.54) is 23.6 Å². The van der Waals surface area contributed by atoms with E-state index in [0.717, 1.165) is 20.5 Å². The molecular weight excluding hydrogens is 604 g/mol. The lowest BCUT2D eigenvalue weighted by atomic mass is 10.1. The van der Waals surface area contributed by atoms with Crippen LogP contribution in [0.5, 0.6) is 0 Å². The van der Waals surface area contributed by atoms with Crippen LogP contribution in [0.1, 0.15) is 58.2 Å². The summed E-state index contributed by atoms with van der Waals surface area (Å²) < 4.78 is 43.4. The predicted octanol–water partition coefficient (Wildman–Crippen LogP) is 7.08. The van der Waals surface area contributed by atoms with Crippen molar-refractivity contribution in [2.45, 2.75) is 62.8 Å². The molecule has 1 amide bonds. The van der Waals surface area contributed by atoms with Gasteiger partial charge in [-0.05, 0) is 77.3 Å². The van der Waals surface area contributed by atoms with Gasteiger partial charge in [-0.3, -0.25) is 10.3 Å². The minimum atomic E-state index is -2.15. The van der Waals surface area contributed by atoms with Crippen LogP contribution >= 0.6 is 22.9 Å². The molecule has 0 bridgehead atoms. The van der Waals surface area contributed by atoms with Crippen molar-refractivity contribution in [1.29, 1.82) is 0 Å². The Kier molecular flexibility index (Phi) is 9.32. The van der Waals surface area contributed by atoms with Crippen LogP contribution in [0.25, 0.3) is 21.3 Å². The first kappa shape index (κ1) is 31.2. The lowest BCUT2D eigenvalue weighted by Gasteiger charge is -2.24. The standard InChI is InChI=1S/C28H31ClN4O5S3/c1-27(2,3)38-26(34)32-22-11-10-19(29)23(31-22)24(33-41(37)28(4,5)6)21-14-16-8-7-9-18(25(16)39-21)20-15-17(40(35)36)12-13-30-20/h7-15,24,33H,1-6H3,(H,35,36)(H,31,32,34). The molecule has 4 rings (SSSR count). The fourth-order valence-electron chi connectivity index (χ4n) is 3.76. The SMILES string of the molecule is CC(C)(C)OC(=O)Nc1ccc(Cl)c(C(NS(=O)C(C)(C)C)c2cc3cccc(-c4cc(S(=O)O)ccn4)c3s2)n1. The third-order valence-corrected chi connectivity index (χ3v) is 9.40. The van der Waals surface area contributed by atoms with Gasteiger partial charge in [0.15, 0.2) is 11.1 Å². The molecule has 3 N–H and O–H groups in total. The first-order chi connectivity index (χ1) is 19.1. The average molecular weight is 635 g/mol. The van der Waals surface area contributed by atoms with Gasteiger partial charge >= 0.3 is 6.09 Å². The van der Waals surface area contributed by atoms with Gasteiger partial charge in [-0.2, -0.15) is 0 Å². The summed E-state index contributed by atoms with van der Waals surface area (Å²) in [4.78, 5) is 22.5. The topological polar surface area (TPSA) is 131 Å². The second-order valence-electron chi connectivity index (χ2n) is 11.1. The molecule has 0 spiro atoms. The molecule has 0 aliphatic carbocycles. The van der Waals surface area contributed by atoms with Gasteiger partial charge in [-0.1, -0.05) is 29.8 Å². The highest BCUT2D eigenvalue weighted by Gasteiger charge is 2.29. The minimum Gasteiger partial charge on any atom is -0.444 e. The van der Waals surface area contributed by atoms with Gasteiger partial charge in [-0.25, -0.2) is 22.9 Å². The number of fused-ring (bicyclic) bond motifs is 1. The Morgan fingerprint density at radius 3 is 2.46 bits per heavy atom. The summed E-state index contributed by atoms with van der Waals surface area (Å²) in [7, 11) is -1.51. The van der Waals surface area contributed by atoms with Crippen LogP contribution in [0.15, 0.2) is 59.6 Å². The highest BCUT2D eigenvalue weighted by molar-refractivity contribution is 7.84. The van der Waals surface area contributed by atoms with Crippen LogP contribution in [-0.2, 0) is 26.8 Å². The van der Waals surface area contributed by atoms with Gasteiger partial charge < -0.3 is 9.29 Å². The van der Waals surface area contributed by atoms with Crippen molar-refractivity contribution in [2.75, 3.05) is 5.32 Å². The first-order valence-corrected chi connectivity index (χ1v) is 16.0. The van der Waals surface area contributed by atoms with Gasteiger partial charge in [0.1, 0.15) is 11.4 Å². The number of benzene rings is 1. The van der Waals surface area contributed by atoms with E-state index in [1.807, 2.05) is 45.0 Å². The maximum atomic E-state index is 13.3. The second-order valence-corrected chi connectivity index (χ2v) is 15.6. The van der Waals surface area contributed by atoms with E-state index in [4.69, 9.17) is 16.3 Å². The fraction of sp³-hybridized carbons (Fsp3) is 0.321. The highest BCUT2D eigenvalue weighted by atomic mass is 35.5. The third-order valence-electron chi connectivity index (χ3n) is 5.61. The van der Waals surface area contributed by atoms with Crippen LogP contribution in [0, 0.1) is 0 Å². The summed E-state index contributed by atoms with van der Waals surface area (Å²) in [5.74, 6) is 0.229. The summed E-state index contributed by atoms with van der Waals surface area (Å²) in [6, 6.07) is 13.2. The first-order valence-electron chi connectivity index (χ1n) is 12.6. The summed E-state index contributed by atoms with van der Waals surface area (Å²) in [6.45, 7) is 10.9. The van der Waals surface area contributed by atoms with E-state index in [0.29, 0.717) is 16.4 Å². The van der Waals surface area contributed by atoms with E-state index in [2.05, 4.69) is 20.0 Å². The number of rotatable bonds is 7. The van der Waals surface area contributed by atoms with E-state index >= 15 is 0 Å². The zero-order valence-electron chi connectivity index (χ0n) is 23.4. The number of nitrogens with zero attached hydrogens (tertiary/aromatic N) is 2. The maximum absolute atomic E-state index is 13.3. The van der Waals surface area contributed by atoms with Crippen LogP contribution in [-0.4, -0.2) is 39.4 Å². The number of pyridine rings is 2. The molecule has 3 unspecified atom stereocenters. The average Bonchev–Trinajstić information content (AvgIpc) is 3.31. The Labute approximate surface area is 253 Å². The number of aromatic nitrogens is 2. The largest absolute Gasteiger partial charge is 0.444 e.